The number of thioether (sulfide) groups is 1. The van der Waals surface area contributed by atoms with Crippen molar-refractivity contribution in [2.75, 3.05) is 5.32 Å². The largest absolute Gasteiger partial charge is 0.393 e. The summed E-state index contributed by atoms with van der Waals surface area (Å²) in [7, 11) is 0. The third kappa shape index (κ3) is 5.42. The van der Waals surface area contributed by atoms with Crippen LogP contribution in [0.25, 0.3) is 0 Å². The molecule has 2 aromatic rings. The Balaban J connectivity index is 1.75. The first-order chi connectivity index (χ1) is 13.3. The summed E-state index contributed by atoms with van der Waals surface area (Å²) in [5, 5.41) is 12.7. The Morgan fingerprint density at radius 2 is 1.79 bits per heavy atom. The van der Waals surface area contributed by atoms with E-state index >= 15 is 0 Å². The van der Waals surface area contributed by atoms with E-state index in [2.05, 4.69) is 27.9 Å². The van der Waals surface area contributed by atoms with Gasteiger partial charge in [-0.1, -0.05) is 12.8 Å². The van der Waals surface area contributed by atoms with Crippen LogP contribution in [0.1, 0.15) is 42.5 Å². The molecule has 1 saturated carbocycles. The van der Waals surface area contributed by atoms with Crippen LogP contribution < -0.4 is 5.32 Å². The van der Waals surface area contributed by atoms with E-state index in [9.17, 15) is 23.1 Å². The van der Waals surface area contributed by atoms with Crippen LogP contribution in [0.15, 0.2) is 35.2 Å². The van der Waals surface area contributed by atoms with Crippen molar-refractivity contribution in [2.45, 2.75) is 48.4 Å². The molecule has 2 atom stereocenters. The number of hydrogen-bond acceptors (Lipinski definition) is 3. The lowest BCUT2D eigenvalue weighted by molar-refractivity contribution is 0.102. The van der Waals surface area contributed by atoms with Crippen molar-refractivity contribution in [1.82, 2.24) is 0 Å². The monoisotopic (exact) mass is 521 g/mol. The minimum atomic E-state index is -1.57. The highest BCUT2D eigenvalue weighted by molar-refractivity contribution is 14.1. The molecule has 0 unspecified atom stereocenters. The van der Waals surface area contributed by atoms with E-state index < -0.39 is 23.4 Å². The summed E-state index contributed by atoms with van der Waals surface area (Å²) < 4.78 is 40.7. The molecule has 0 heterocycles. The van der Waals surface area contributed by atoms with Crippen LogP contribution in [0.5, 0.6) is 0 Å². The van der Waals surface area contributed by atoms with Gasteiger partial charge in [-0.2, -0.15) is 0 Å². The molecule has 150 valence electrons. The van der Waals surface area contributed by atoms with Crippen molar-refractivity contribution < 1.29 is 23.1 Å². The molecule has 0 radical (unpaired) electrons. The fourth-order valence-corrected chi connectivity index (χ4v) is 5.20. The topological polar surface area (TPSA) is 49.3 Å². The van der Waals surface area contributed by atoms with Gasteiger partial charge in [-0.25, -0.2) is 13.2 Å². The molecular weight excluding hydrogens is 502 g/mol. The summed E-state index contributed by atoms with van der Waals surface area (Å²) >= 11 is 3.83. The van der Waals surface area contributed by atoms with E-state index in [0.29, 0.717) is 12.0 Å². The Morgan fingerprint density at radius 1 is 1.11 bits per heavy atom. The second kappa shape index (κ2) is 9.49. The van der Waals surface area contributed by atoms with Gasteiger partial charge in [-0.05, 0) is 60.1 Å². The summed E-state index contributed by atoms with van der Waals surface area (Å²) in [6, 6.07) is 6.64. The number of nitrogens with one attached hydrogen (secondary N) is 1. The molecule has 0 spiro atoms. The zero-order valence-corrected chi connectivity index (χ0v) is 17.8. The van der Waals surface area contributed by atoms with Gasteiger partial charge in [0.1, 0.15) is 0 Å². The molecule has 8 heteroatoms. The average molecular weight is 521 g/mol. The Labute approximate surface area is 179 Å². The number of aliphatic hydroxyl groups is 1. The SMILES string of the molecule is O=C(Nc1cc(F)c(F)c(F)c1)c1ccc(I)c(S[C@@H]2CCCC[C@@H](O)C2)c1. The fraction of sp³-hybridized carbons (Fsp3) is 0.350. The number of hydrogen-bond donors (Lipinski definition) is 2. The standard InChI is InChI=1S/C20H19F3INO2S/c21-15-8-12(9-16(22)19(15)23)25-20(27)11-5-6-17(24)18(7-11)28-14-4-2-1-3-13(26)10-14/h5-9,13-14,26H,1-4,10H2,(H,25,27)/t13-,14-/m1/s1. The van der Waals surface area contributed by atoms with Gasteiger partial charge in [-0.15, -0.1) is 11.8 Å². The summed E-state index contributed by atoms with van der Waals surface area (Å²) in [4.78, 5) is 13.4. The molecule has 2 aromatic carbocycles. The molecule has 1 fully saturated rings. The lowest BCUT2D eigenvalue weighted by Crippen LogP contribution is -2.14. The molecule has 0 aromatic heterocycles. The molecule has 0 aliphatic heterocycles. The summed E-state index contributed by atoms with van der Waals surface area (Å²) in [6.07, 6.45) is 4.32. The lowest BCUT2D eigenvalue weighted by Gasteiger charge is -2.17. The predicted octanol–water partition coefficient (Wildman–Crippen LogP) is 5.75. The first kappa shape index (κ1) is 21.4. The molecule has 3 nitrogen and oxygen atoms in total. The minimum absolute atomic E-state index is 0.152. The predicted molar refractivity (Wildman–Crippen MR) is 112 cm³/mol. The van der Waals surface area contributed by atoms with Gasteiger partial charge < -0.3 is 10.4 Å². The number of halogens is 4. The maximum atomic E-state index is 13.3. The highest BCUT2D eigenvalue weighted by atomic mass is 127. The Morgan fingerprint density at radius 3 is 2.50 bits per heavy atom. The van der Waals surface area contributed by atoms with Crippen molar-refractivity contribution in [1.29, 1.82) is 0 Å². The molecule has 2 N–H and O–H groups in total. The lowest BCUT2D eigenvalue weighted by atomic mass is 10.2. The maximum Gasteiger partial charge on any atom is 0.255 e. The summed E-state index contributed by atoms with van der Waals surface area (Å²) in [5.74, 6) is -4.83. The van der Waals surface area contributed by atoms with Gasteiger partial charge in [-0.3, -0.25) is 4.79 Å². The van der Waals surface area contributed by atoms with Crippen molar-refractivity contribution >= 4 is 45.9 Å². The van der Waals surface area contributed by atoms with E-state index in [1.54, 1.807) is 30.0 Å². The number of benzene rings is 2. The zero-order chi connectivity index (χ0) is 20.3. The number of rotatable bonds is 4. The van der Waals surface area contributed by atoms with Crippen molar-refractivity contribution in [3.63, 3.8) is 0 Å². The van der Waals surface area contributed by atoms with Crippen LogP contribution in [0.3, 0.4) is 0 Å². The average Bonchev–Trinajstić information content (AvgIpc) is 2.85. The molecule has 0 bridgehead atoms. The molecule has 1 aliphatic carbocycles. The van der Waals surface area contributed by atoms with Gasteiger partial charge in [0.05, 0.1) is 6.10 Å². The number of aliphatic hydroxyl groups excluding tert-OH is 1. The fourth-order valence-electron chi connectivity index (χ4n) is 3.14. The number of amides is 1. The second-order valence-electron chi connectivity index (χ2n) is 6.77. The normalized spacial score (nSPS) is 19.9. The van der Waals surface area contributed by atoms with Gasteiger partial charge in [0.25, 0.3) is 5.91 Å². The maximum absolute atomic E-state index is 13.3. The summed E-state index contributed by atoms with van der Waals surface area (Å²) in [6.45, 7) is 0. The van der Waals surface area contributed by atoms with Crippen molar-refractivity contribution in [2.24, 2.45) is 0 Å². The van der Waals surface area contributed by atoms with E-state index in [4.69, 9.17) is 0 Å². The third-order valence-corrected chi connectivity index (χ3v) is 7.24. The smallest absolute Gasteiger partial charge is 0.255 e. The molecule has 3 rings (SSSR count). The van der Waals surface area contributed by atoms with Crippen LogP contribution >= 0.6 is 34.4 Å². The Bertz CT molecular complexity index is 858. The first-order valence-electron chi connectivity index (χ1n) is 8.93. The highest BCUT2D eigenvalue weighted by Gasteiger charge is 2.21. The van der Waals surface area contributed by atoms with Crippen LogP contribution in [-0.4, -0.2) is 22.4 Å². The van der Waals surface area contributed by atoms with E-state index in [1.807, 2.05) is 0 Å². The first-order valence-corrected chi connectivity index (χ1v) is 10.9. The molecule has 28 heavy (non-hydrogen) atoms. The van der Waals surface area contributed by atoms with Crippen LogP contribution in [-0.2, 0) is 0 Å². The van der Waals surface area contributed by atoms with Crippen molar-refractivity contribution in [3.8, 4) is 0 Å². The third-order valence-electron chi connectivity index (χ3n) is 4.58. The Kier molecular flexibility index (Phi) is 7.27. The minimum Gasteiger partial charge on any atom is -0.393 e. The second-order valence-corrected chi connectivity index (χ2v) is 9.27. The number of carbonyl (C=O) groups is 1. The van der Waals surface area contributed by atoms with E-state index in [1.165, 1.54) is 0 Å². The molecule has 1 amide bonds. The molecular formula is C20H19F3INO2S. The van der Waals surface area contributed by atoms with Gasteiger partial charge >= 0.3 is 0 Å². The number of carbonyl (C=O) groups excluding carboxylic acids is 1. The van der Waals surface area contributed by atoms with Gasteiger partial charge in [0.15, 0.2) is 17.5 Å². The van der Waals surface area contributed by atoms with Crippen LogP contribution in [0, 0.1) is 21.0 Å². The van der Waals surface area contributed by atoms with Crippen LogP contribution in [0.4, 0.5) is 18.9 Å². The van der Waals surface area contributed by atoms with Crippen LogP contribution in [0.2, 0.25) is 0 Å². The van der Waals surface area contributed by atoms with E-state index in [-0.39, 0.29) is 17.0 Å². The Hall–Kier alpha value is -1.26. The molecule has 0 saturated heterocycles. The summed E-state index contributed by atoms with van der Waals surface area (Å²) in [5.41, 5.74) is 0.184. The van der Waals surface area contributed by atoms with E-state index in [0.717, 1.165) is 46.3 Å². The molecule has 1 aliphatic rings. The quantitative estimate of drug-likeness (QED) is 0.306. The zero-order valence-electron chi connectivity index (χ0n) is 14.9. The highest BCUT2D eigenvalue weighted by Crippen LogP contribution is 2.36. The van der Waals surface area contributed by atoms with Crippen molar-refractivity contribution in [3.05, 3.63) is 56.9 Å². The number of anilines is 1. The van der Waals surface area contributed by atoms with Gasteiger partial charge in [0, 0.05) is 37.1 Å². The van der Waals surface area contributed by atoms with Gasteiger partial charge in [0.2, 0.25) is 0 Å².